The van der Waals surface area contributed by atoms with Crippen LogP contribution in [-0.4, -0.2) is 26.1 Å². The van der Waals surface area contributed by atoms with Crippen LogP contribution in [0.2, 0.25) is 0 Å². The van der Waals surface area contributed by atoms with Crippen molar-refractivity contribution in [2.75, 3.05) is 20.2 Å². The predicted molar refractivity (Wildman–Crippen MR) is 70.6 cm³/mol. The number of carbonyl (C=O) groups is 1. The molecule has 0 saturated heterocycles. The first kappa shape index (κ1) is 12.9. The number of benzene rings is 1. The molecule has 2 rings (SSSR count). The molecule has 4 heteroatoms. The van der Waals surface area contributed by atoms with E-state index in [4.69, 9.17) is 10.5 Å². The Morgan fingerprint density at radius 2 is 2.06 bits per heavy atom. The topological polar surface area (TPSA) is 64.3 Å². The summed E-state index contributed by atoms with van der Waals surface area (Å²) in [5.74, 6) is 0.772. The van der Waals surface area contributed by atoms with Crippen LogP contribution in [0.25, 0.3) is 0 Å². The highest BCUT2D eigenvalue weighted by Gasteiger charge is 2.38. The van der Waals surface area contributed by atoms with Gasteiger partial charge in [0.05, 0.1) is 13.7 Å². The van der Waals surface area contributed by atoms with Crippen molar-refractivity contribution in [3.8, 4) is 5.75 Å². The van der Waals surface area contributed by atoms with Gasteiger partial charge in [0.25, 0.3) is 0 Å². The summed E-state index contributed by atoms with van der Waals surface area (Å²) in [5.41, 5.74) is 6.67. The summed E-state index contributed by atoms with van der Waals surface area (Å²) in [5, 5.41) is 2.91. The van der Waals surface area contributed by atoms with Gasteiger partial charge in [-0.15, -0.1) is 0 Å². The summed E-state index contributed by atoms with van der Waals surface area (Å²) < 4.78 is 5.16. The van der Waals surface area contributed by atoms with Gasteiger partial charge in [0.15, 0.2) is 0 Å². The first-order valence-electron chi connectivity index (χ1n) is 6.31. The maximum absolute atomic E-state index is 11.3. The molecule has 98 valence electrons. The van der Waals surface area contributed by atoms with Gasteiger partial charge in [-0.05, 0) is 30.5 Å². The number of nitrogens with one attached hydrogen (secondary N) is 1. The predicted octanol–water partition coefficient (Wildman–Crippen LogP) is 1.19. The Morgan fingerprint density at radius 1 is 1.39 bits per heavy atom. The molecule has 0 heterocycles. The Balaban J connectivity index is 2.08. The van der Waals surface area contributed by atoms with Crippen LogP contribution in [0.1, 0.15) is 24.8 Å². The number of rotatable bonds is 5. The van der Waals surface area contributed by atoms with Crippen LogP contribution >= 0.6 is 0 Å². The standard InChI is InChI=1S/C14H20N2O2/c1-18-12-5-3-11(4-6-12)14(7-2-8-14)10-16-13(17)9-15/h3-6H,2,7-10,15H2,1H3,(H,16,17). The third-order valence-electron chi connectivity index (χ3n) is 3.82. The zero-order valence-corrected chi connectivity index (χ0v) is 10.7. The highest BCUT2D eigenvalue weighted by atomic mass is 16.5. The van der Waals surface area contributed by atoms with E-state index >= 15 is 0 Å². The summed E-state index contributed by atoms with van der Waals surface area (Å²) in [6.07, 6.45) is 3.44. The van der Waals surface area contributed by atoms with E-state index in [1.165, 1.54) is 12.0 Å². The van der Waals surface area contributed by atoms with E-state index in [1.54, 1.807) is 7.11 Å². The highest BCUT2D eigenvalue weighted by molar-refractivity contribution is 5.77. The van der Waals surface area contributed by atoms with Gasteiger partial charge in [0, 0.05) is 12.0 Å². The van der Waals surface area contributed by atoms with Gasteiger partial charge < -0.3 is 15.8 Å². The van der Waals surface area contributed by atoms with E-state index in [0.717, 1.165) is 18.6 Å². The number of hydrogen-bond acceptors (Lipinski definition) is 3. The van der Waals surface area contributed by atoms with Crippen LogP contribution in [0.3, 0.4) is 0 Å². The molecule has 1 aromatic rings. The minimum atomic E-state index is -0.0882. The second-order valence-corrected chi connectivity index (χ2v) is 4.84. The Labute approximate surface area is 108 Å². The number of carbonyl (C=O) groups excluding carboxylic acids is 1. The minimum absolute atomic E-state index is 0.0543. The van der Waals surface area contributed by atoms with Gasteiger partial charge in [-0.2, -0.15) is 0 Å². The van der Waals surface area contributed by atoms with Gasteiger partial charge in [0.2, 0.25) is 5.91 Å². The third kappa shape index (κ3) is 2.48. The molecule has 0 aromatic heterocycles. The summed E-state index contributed by atoms with van der Waals surface area (Å²) in [7, 11) is 1.66. The number of hydrogen-bond donors (Lipinski definition) is 2. The largest absolute Gasteiger partial charge is 0.497 e. The quantitative estimate of drug-likeness (QED) is 0.822. The number of amides is 1. The molecular formula is C14H20N2O2. The van der Waals surface area contributed by atoms with Crippen LogP contribution in [0.5, 0.6) is 5.75 Å². The van der Waals surface area contributed by atoms with Crippen molar-refractivity contribution in [1.82, 2.24) is 5.32 Å². The van der Waals surface area contributed by atoms with E-state index in [0.29, 0.717) is 6.54 Å². The summed E-state index contributed by atoms with van der Waals surface area (Å²) in [4.78, 5) is 11.3. The minimum Gasteiger partial charge on any atom is -0.497 e. The molecule has 0 bridgehead atoms. The highest BCUT2D eigenvalue weighted by Crippen LogP contribution is 2.43. The Hall–Kier alpha value is -1.55. The zero-order valence-electron chi connectivity index (χ0n) is 10.7. The SMILES string of the molecule is COc1ccc(C2(CNC(=O)CN)CCC2)cc1. The number of ether oxygens (including phenoxy) is 1. The lowest BCUT2D eigenvalue weighted by Crippen LogP contribution is -2.46. The van der Waals surface area contributed by atoms with E-state index in [2.05, 4.69) is 17.4 Å². The fourth-order valence-corrected chi connectivity index (χ4v) is 2.46. The van der Waals surface area contributed by atoms with Crippen LogP contribution in [0.15, 0.2) is 24.3 Å². The maximum Gasteiger partial charge on any atom is 0.233 e. The lowest BCUT2D eigenvalue weighted by molar-refractivity contribution is -0.120. The van der Waals surface area contributed by atoms with Gasteiger partial charge in [-0.25, -0.2) is 0 Å². The van der Waals surface area contributed by atoms with E-state index < -0.39 is 0 Å². The van der Waals surface area contributed by atoms with Crippen LogP contribution < -0.4 is 15.8 Å². The zero-order chi connectivity index (χ0) is 13.0. The van der Waals surface area contributed by atoms with Crippen molar-refractivity contribution in [1.29, 1.82) is 0 Å². The van der Waals surface area contributed by atoms with Crippen LogP contribution in [-0.2, 0) is 10.2 Å². The molecule has 3 N–H and O–H groups in total. The monoisotopic (exact) mass is 248 g/mol. The summed E-state index contributed by atoms with van der Waals surface area (Å²) >= 11 is 0. The first-order chi connectivity index (χ1) is 8.70. The molecule has 18 heavy (non-hydrogen) atoms. The lowest BCUT2D eigenvalue weighted by atomic mass is 9.64. The Bertz CT molecular complexity index is 410. The second-order valence-electron chi connectivity index (χ2n) is 4.84. The molecule has 1 amide bonds. The number of methoxy groups -OCH3 is 1. The molecule has 1 aliphatic rings. The van der Waals surface area contributed by atoms with Crippen LogP contribution in [0, 0.1) is 0 Å². The number of nitrogens with two attached hydrogens (primary N) is 1. The molecule has 0 atom stereocenters. The Morgan fingerprint density at radius 3 is 2.50 bits per heavy atom. The van der Waals surface area contributed by atoms with Crippen molar-refractivity contribution in [3.05, 3.63) is 29.8 Å². The van der Waals surface area contributed by atoms with Crippen molar-refractivity contribution in [3.63, 3.8) is 0 Å². The average molecular weight is 248 g/mol. The molecule has 1 aliphatic carbocycles. The van der Waals surface area contributed by atoms with E-state index in [9.17, 15) is 4.79 Å². The van der Waals surface area contributed by atoms with Crippen molar-refractivity contribution < 1.29 is 9.53 Å². The summed E-state index contributed by atoms with van der Waals surface area (Å²) in [6, 6.07) is 8.12. The van der Waals surface area contributed by atoms with E-state index in [-0.39, 0.29) is 17.9 Å². The third-order valence-corrected chi connectivity index (χ3v) is 3.82. The Kier molecular flexibility index (Phi) is 3.87. The molecule has 0 unspecified atom stereocenters. The maximum atomic E-state index is 11.3. The summed E-state index contributed by atoms with van der Waals surface area (Å²) in [6.45, 7) is 0.730. The normalized spacial score (nSPS) is 16.8. The van der Waals surface area contributed by atoms with Gasteiger partial charge in [-0.1, -0.05) is 18.6 Å². The van der Waals surface area contributed by atoms with Crippen molar-refractivity contribution in [2.24, 2.45) is 5.73 Å². The van der Waals surface area contributed by atoms with Gasteiger partial charge in [0.1, 0.15) is 5.75 Å². The molecule has 1 saturated carbocycles. The first-order valence-corrected chi connectivity index (χ1v) is 6.31. The van der Waals surface area contributed by atoms with Crippen molar-refractivity contribution >= 4 is 5.91 Å². The lowest BCUT2D eigenvalue weighted by Gasteiger charge is -2.42. The molecule has 0 aliphatic heterocycles. The molecule has 0 spiro atoms. The fraction of sp³-hybridized carbons (Fsp3) is 0.500. The average Bonchev–Trinajstić information content (AvgIpc) is 2.38. The van der Waals surface area contributed by atoms with Crippen LogP contribution in [0.4, 0.5) is 0 Å². The van der Waals surface area contributed by atoms with Crippen molar-refractivity contribution in [2.45, 2.75) is 24.7 Å². The fourth-order valence-electron chi connectivity index (χ4n) is 2.46. The van der Waals surface area contributed by atoms with Gasteiger partial charge >= 0.3 is 0 Å². The molecule has 1 fully saturated rings. The van der Waals surface area contributed by atoms with E-state index in [1.807, 2.05) is 12.1 Å². The molecule has 4 nitrogen and oxygen atoms in total. The molecular weight excluding hydrogens is 228 g/mol. The molecule has 1 aromatic carbocycles. The smallest absolute Gasteiger partial charge is 0.233 e. The van der Waals surface area contributed by atoms with Gasteiger partial charge in [-0.3, -0.25) is 4.79 Å². The second kappa shape index (κ2) is 5.40. The molecule has 0 radical (unpaired) electrons.